The van der Waals surface area contributed by atoms with Crippen LogP contribution in [0.2, 0.25) is 5.02 Å². The van der Waals surface area contributed by atoms with Gasteiger partial charge in [-0.2, -0.15) is 5.10 Å². The maximum atomic E-state index is 6.04. The highest BCUT2D eigenvalue weighted by atomic mass is 35.5. The van der Waals surface area contributed by atoms with Crippen LogP contribution in [0.3, 0.4) is 0 Å². The minimum atomic E-state index is 0.542. The molecule has 1 aromatic heterocycles. The van der Waals surface area contributed by atoms with Gasteiger partial charge >= 0.3 is 0 Å². The van der Waals surface area contributed by atoms with Gasteiger partial charge in [0.1, 0.15) is 0 Å². The molecule has 1 heterocycles. The van der Waals surface area contributed by atoms with E-state index in [0.29, 0.717) is 10.9 Å². The van der Waals surface area contributed by atoms with Crippen molar-refractivity contribution < 1.29 is 0 Å². The number of hydrogen-bond acceptors (Lipinski definition) is 3. The lowest BCUT2D eigenvalue weighted by Crippen LogP contribution is -2.16. The SMILES string of the molecule is N/N=C(\Nc1ccccc1Cl)c1ccncc1. The number of nitrogens with zero attached hydrogens (tertiary/aromatic N) is 2. The summed E-state index contributed by atoms with van der Waals surface area (Å²) < 4.78 is 0. The quantitative estimate of drug-likeness (QED) is 0.370. The molecule has 0 spiro atoms. The van der Waals surface area contributed by atoms with Gasteiger partial charge in [-0.1, -0.05) is 23.7 Å². The molecule has 1 aromatic carbocycles. The van der Waals surface area contributed by atoms with Gasteiger partial charge in [-0.15, -0.1) is 0 Å². The van der Waals surface area contributed by atoms with Gasteiger partial charge in [-0.05, 0) is 24.3 Å². The molecule has 3 N–H and O–H groups in total. The fourth-order valence-corrected chi connectivity index (χ4v) is 1.56. The van der Waals surface area contributed by atoms with E-state index in [1.54, 1.807) is 18.5 Å². The first-order chi connectivity index (χ1) is 8.31. The Bertz CT molecular complexity index is 525. The highest BCUT2D eigenvalue weighted by molar-refractivity contribution is 6.34. The fourth-order valence-electron chi connectivity index (χ4n) is 1.38. The number of anilines is 1. The molecule has 0 aliphatic heterocycles. The third-order valence-electron chi connectivity index (χ3n) is 2.21. The third kappa shape index (κ3) is 2.73. The number of rotatable bonds is 2. The van der Waals surface area contributed by atoms with Gasteiger partial charge in [0.15, 0.2) is 5.84 Å². The lowest BCUT2D eigenvalue weighted by molar-refractivity contribution is 1.23. The number of hydrazone groups is 1. The first-order valence-corrected chi connectivity index (χ1v) is 5.39. The van der Waals surface area contributed by atoms with Gasteiger partial charge in [0, 0.05) is 18.0 Å². The molecule has 4 nitrogen and oxygen atoms in total. The highest BCUT2D eigenvalue weighted by Crippen LogP contribution is 2.21. The summed E-state index contributed by atoms with van der Waals surface area (Å²) in [6.07, 6.45) is 3.35. The van der Waals surface area contributed by atoms with Crippen LogP contribution in [0.15, 0.2) is 53.9 Å². The summed E-state index contributed by atoms with van der Waals surface area (Å²) >= 11 is 6.04. The zero-order chi connectivity index (χ0) is 12.1. The van der Waals surface area contributed by atoms with Crippen molar-refractivity contribution >= 4 is 23.1 Å². The van der Waals surface area contributed by atoms with Crippen molar-refractivity contribution in [3.05, 3.63) is 59.4 Å². The molecule has 2 rings (SSSR count). The number of nitrogens with two attached hydrogens (primary N) is 1. The number of aromatic nitrogens is 1. The predicted octanol–water partition coefficient (Wildman–Crippen LogP) is 2.47. The van der Waals surface area contributed by atoms with Crippen molar-refractivity contribution in [2.24, 2.45) is 10.9 Å². The maximum Gasteiger partial charge on any atom is 0.157 e. The summed E-state index contributed by atoms with van der Waals surface area (Å²) in [4.78, 5) is 3.94. The Hall–Kier alpha value is -2.07. The van der Waals surface area contributed by atoms with Gasteiger partial charge in [-0.3, -0.25) is 4.98 Å². The molecule has 0 saturated heterocycles. The van der Waals surface area contributed by atoms with E-state index in [1.165, 1.54) is 0 Å². The summed E-state index contributed by atoms with van der Waals surface area (Å²) in [5, 5.41) is 7.41. The zero-order valence-electron chi connectivity index (χ0n) is 8.97. The molecular formula is C12H11ClN4. The molecule has 0 fully saturated rings. The van der Waals surface area contributed by atoms with Crippen LogP contribution in [0.4, 0.5) is 5.69 Å². The minimum absolute atomic E-state index is 0.542. The van der Waals surface area contributed by atoms with Crippen molar-refractivity contribution in [1.82, 2.24) is 4.98 Å². The average molecular weight is 247 g/mol. The van der Waals surface area contributed by atoms with Gasteiger partial charge in [0.05, 0.1) is 10.7 Å². The van der Waals surface area contributed by atoms with Crippen LogP contribution in [0.5, 0.6) is 0 Å². The smallest absolute Gasteiger partial charge is 0.157 e. The normalized spacial score (nSPS) is 11.2. The first kappa shape index (κ1) is 11.4. The predicted molar refractivity (Wildman–Crippen MR) is 70.0 cm³/mol. The Morgan fingerprint density at radius 2 is 1.88 bits per heavy atom. The first-order valence-electron chi connectivity index (χ1n) is 5.01. The van der Waals surface area contributed by atoms with Crippen molar-refractivity contribution in [3.8, 4) is 0 Å². The van der Waals surface area contributed by atoms with Crippen LogP contribution in [-0.2, 0) is 0 Å². The molecule has 5 heteroatoms. The number of benzene rings is 1. The molecule has 86 valence electrons. The van der Waals surface area contributed by atoms with Crippen LogP contribution in [0.1, 0.15) is 5.56 Å². The van der Waals surface area contributed by atoms with Crippen molar-refractivity contribution in [2.45, 2.75) is 0 Å². The summed E-state index contributed by atoms with van der Waals surface area (Å²) in [5.41, 5.74) is 1.61. The molecule has 0 aliphatic rings. The number of pyridine rings is 1. The van der Waals surface area contributed by atoms with E-state index in [4.69, 9.17) is 17.4 Å². The Kier molecular flexibility index (Phi) is 3.57. The summed E-state index contributed by atoms with van der Waals surface area (Å²) in [6.45, 7) is 0. The van der Waals surface area contributed by atoms with Crippen LogP contribution in [0, 0.1) is 0 Å². The van der Waals surface area contributed by atoms with Crippen LogP contribution in [-0.4, -0.2) is 10.8 Å². The molecule has 0 amide bonds. The van der Waals surface area contributed by atoms with Crippen molar-refractivity contribution in [2.75, 3.05) is 5.32 Å². The lowest BCUT2D eigenvalue weighted by Gasteiger charge is -2.09. The van der Waals surface area contributed by atoms with Gasteiger partial charge in [0.25, 0.3) is 0 Å². The molecule has 0 radical (unpaired) electrons. The minimum Gasteiger partial charge on any atom is -0.337 e. The Labute approximate surface area is 104 Å². The molecule has 17 heavy (non-hydrogen) atoms. The number of halogens is 1. The van der Waals surface area contributed by atoms with E-state index >= 15 is 0 Å². The largest absolute Gasteiger partial charge is 0.337 e. The van der Waals surface area contributed by atoms with E-state index in [0.717, 1.165) is 11.3 Å². The molecule has 0 aliphatic carbocycles. The summed E-state index contributed by atoms with van der Waals surface area (Å²) in [7, 11) is 0. The number of amidine groups is 1. The molecule has 0 bridgehead atoms. The van der Waals surface area contributed by atoms with Gasteiger partial charge < -0.3 is 11.2 Å². The Morgan fingerprint density at radius 3 is 2.53 bits per heavy atom. The topological polar surface area (TPSA) is 63.3 Å². The van der Waals surface area contributed by atoms with Crippen LogP contribution in [0.25, 0.3) is 0 Å². The average Bonchev–Trinajstić information content (AvgIpc) is 2.39. The van der Waals surface area contributed by atoms with Gasteiger partial charge in [-0.25, -0.2) is 0 Å². The van der Waals surface area contributed by atoms with E-state index in [2.05, 4.69) is 15.4 Å². The third-order valence-corrected chi connectivity index (χ3v) is 2.54. The number of nitrogens with one attached hydrogen (secondary N) is 1. The van der Waals surface area contributed by atoms with E-state index < -0.39 is 0 Å². The number of hydrogen-bond donors (Lipinski definition) is 2. The van der Waals surface area contributed by atoms with E-state index in [-0.39, 0.29) is 0 Å². The van der Waals surface area contributed by atoms with Gasteiger partial charge in [0.2, 0.25) is 0 Å². The van der Waals surface area contributed by atoms with Crippen LogP contribution >= 0.6 is 11.6 Å². The van der Waals surface area contributed by atoms with Crippen molar-refractivity contribution in [3.63, 3.8) is 0 Å². The fraction of sp³-hybridized carbons (Fsp3) is 0. The number of para-hydroxylation sites is 1. The monoisotopic (exact) mass is 246 g/mol. The second-order valence-corrected chi connectivity index (χ2v) is 3.73. The standard InChI is InChI=1S/C12H11ClN4/c13-10-3-1-2-4-11(10)16-12(17-14)9-5-7-15-8-6-9/h1-8H,14H2,(H,16,17). The summed E-state index contributed by atoms with van der Waals surface area (Å²) in [6, 6.07) is 11.0. The second-order valence-electron chi connectivity index (χ2n) is 3.32. The van der Waals surface area contributed by atoms with E-state index in [1.807, 2.05) is 30.3 Å². The molecule has 0 atom stereocenters. The molecular weight excluding hydrogens is 236 g/mol. The summed E-state index contributed by atoms with van der Waals surface area (Å²) in [5.74, 6) is 5.91. The zero-order valence-corrected chi connectivity index (χ0v) is 9.72. The highest BCUT2D eigenvalue weighted by Gasteiger charge is 2.05. The second kappa shape index (κ2) is 5.32. The maximum absolute atomic E-state index is 6.04. The Morgan fingerprint density at radius 1 is 1.18 bits per heavy atom. The lowest BCUT2D eigenvalue weighted by atomic mass is 10.2. The van der Waals surface area contributed by atoms with Crippen molar-refractivity contribution in [1.29, 1.82) is 0 Å². The molecule has 0 saturated carbocycles. The molecule has 0 unspecified atom stereocenters. The van der Waals surface area contributed by atoms with Crippen LogP contribution < -0.4 is 11.2 Å². The Balaban J connectivity index is 2.26. The van der Waals surface area contributed by atoms with E-state index in [9.17, 15) is 0 Å². The molecule has 2 aromatic rings.